The Balaban J connectivity index is 0.00000176. The molecule has 3 aliphatic rings. The molecule has 0 aromatic heterocycles. The molecular weight excluding hydrogens is 308 g/mol. The van der Waals surface area contributed by atoms with Gasteiger partial charge in [-0.05, 0) is 12.8 Å². The molecule has 0 bridgehead atoms. The summed E-state index contributed by atoms with van der Waals surface area (Å²) in [6.07, 6.45) is 1.95. The van der Waals surface area contributed by atoms with E-state index in [1.807, 2.05) is 13.8 Å². The Labute approximate surface area is 137 Å². The van der Waals surface area contributed by atoms with Gasteiger partial charge >= 0.3 is 0 Å². The van der Waals surface area contributed by atoms with Crippen LogP contribution in [0.2, 0.25) is 0 Å². The Kier molecular flexibility index (Phi) is 5.39. The molecule has 1 saturated carbocycles. The Morgan fingerprint density at radius 3 is 2.73 bits per heavy atom. The van der Waals surface area contributed by atoms with Crippen molar-refractivity contribution in [1.82, 2.24) is 5.32 Å². The Morgan fingerprint density at radius 2 is 2.05 bits per heavy atom. The summed E-state index contributed by atoms with van der Waals surface area (Å²) < 4.78 is 16.7. The van der Waals surface area contributed by atoms with Gasteiger partial charge in [0.1, 0.15) is 5.54 Å². The van der Waals surface area contributed by atoms with Crippen LogP contribution >= 0.6 is 12.4 Å². The van der Waals surface area contributed by atoms with E-state index in [1.54, 1.807) is 0 Å². The second kappa shape index (κ2) is 6.61. The normalized spacial score (nSPS) is 39.9. The number of nitrogens with one attached hydrogen (secondary N) is 1. The van der Waals surface area contributed by atoms with Crippen LogP contribution in [-0.4, -0.2) is 56.6 Å². The van der Waals surface area contributed by atoms with Crippen molar-refractivity contribution in [2.24, 2.45) is 17.1 Å². The highest BCUT2D eigenvalue weighted by atomic mass is 35.5. The zero-order valence-electron chi connectivity index (χ0n) is 13.3. The fourth-order valence-corrected chi connectivity index (χ4v) is 4.04. The van der Waals surface area contributed by atoms with Crippen molar-refractivity contribution in [3.05, 3.63) is 0 Å². The van der Waals surface area contributed by atoms with Crippen molar-refractivity contribution in [3.63, 3.8) is 0 Å². The summed E-state index contributed by atoms with van der Waals surface area (Å²) in [5, 5.41) is 2.96. The van der Waals surface area contributed by atoms with Crippen LogP contribution in [0.5, 0.6) is 0 Å². The quantitative estimate of drug-likeness (QED) is 0.784. The molecule has 0 aromatic rings. The zero-order chi connectivity index (χ0) is 15.1. The molecule has 128 valence electrons. The maximum absolute atomic E-state index is 12.7. The predicted octanol–water partition coefficient (Wildman–Crippen LogP) is 0.472. The van der Waals surface area contributed by atoms with Gasteiger partial charge in [-0.15, -0.1) is 12.4 Å². The van der Waals surface area contributed by atoms with Gasteiger partial charge in [-0.3, -0.25) is 4.79 Å². The number of hydrogen-bond acceptors (Lipinski definition) is 5. The van der Waals surface area contributed by atoms with E-state index >= 15 is 0 Å². The van der Waals surface area contributed by atoms with E-state index < -0.39 is 5.54 Å². The number of hydrogen-bond donors (Lipinski definition) is 2. The zero-order valence-corrected chi connectivity index (χ0v) is 14.1. The van der Waals surface area contributed by atoms with Crippen LogP contribution < -0.4 is 11.1 Å². The van der Waals surface area contributed by atoms with Gasteiger partial charge in [0.15, 0.2) is 0 Å². The first-order chi connectivity index (χ1) is 9.98. The van der Waals surface area contributed by atoms with E-state index in [-0.39, 0.29) is 41.9 Å². The van der Waals surface area contributed by atoms with Crippen molar-refractivity contribution in [1.29, 1.82) is 0 Å². The Bertz CT molecular complexity index is 414. The summed E-state index contributed by atoms with van der Waals surface area (Å²) in [5.41, 5.74) is 5.34. The lowest BCUT2D eigenvalue weighted by Gasteiger charge is -2.65. The second-order valence-corrected chi connectivity index (χ2v) is 6.91. The average molecular weight is 335 g/mol. The second-order valence-electron chi connectivity index (χ2n) is 6.91. The number of carbonyl (C=O) groups excluding carboxylic acids is 1. The molecule has 0 aromatic carbocycles. The van der Waals surface area contributed by atoms with Gasteiger partial charge in [0, 0.05) is 24.5 Å². The number of fused-ring (bicyclic) bond motifs is 1. The number of carbonyl (C=O) groups is 1. The first-order valence-corrected chi connectivity index (χ1v) is 7.86. The van der Waals surface area contributed by atoms with Crippen LogP contribution in [0.15, 0.2) is 0 Å². The Morgan fingerprint density at radius 1 is 1.27 bits per heavy atom. The highest BCUT2D eigenvalue weighted by Gasteiger charge is 2.70. The lowest BCUT2D eigenvalue weighted by Crippen LogP contribution is -2.82. The van der Waals surface area contributed by atoms with Crippen LogP contribution in [0, 0.1) is 11.3 Å². The first-order valence-electron chi connectivity index (χ1n) is 7.86. The molecule has 0 radical (unpaired) electrons. The van der Waals surface area contributed by atoms with Crippen molar-refractivity contribution < 1.29 is 19.0 Å². The van der Waals surface area contributed by atoms with Gasteiger partial charge in [-0.2, -0.15) is 0 Å². The number of rotatable bonds is 3. The van der Waals surface area contributed by atoms with Crippen molar-refractivity contribution >= 4 is 18.3 Å². The van der Waals surface area contributed by atoms with E-state index in [1.165, 1.54) is 0 Å². The van der Waals surface area contributed by atoms with E-state index in [0.717, 1.165) is 19.4 Å². The first kappa shape index (κ1) is 17.9. The molecule has 3 N–H and O–H groups in total. The summed E-state index contributed by atoms with van der Waals surface area (Å²) in [7, 11) is 0. The summed E-state index contributed by atoms with van der Waals surface area (Å²) in [4.78, 5) is 12.7. The molecule has 2 aliphatic heterocycles. The molecule has 3 fully saturated rings. The molecule has 2 heterocycles. The molecule has 4 unspecified atom stereocenters. The molecule has 3 rings (SSSR count). The lowest BCUT2D eigenvalue weighted by molar-refractivity contribution is -0.225. The molecule has 1 amide bonds. The Hall–Kier alpha value is -0.400. The molecule has 4 atom stereocenters. The van der Waals surface area contributed by atoms with Crippen LogP contribution in [-0.2, 0) is 19.0 Å². The minimum absolute atomic E-state index is 0. The summed E-state index contributed by atoms with van der Waals surface area (Å²) in [5.74, 6) is 0.0261. The monoisotopic (exact) mass is 334 g/mol. The largest absolute Gasteiger partial charge is 0.377 e. The van der Waals surface area contributed by atoms with E-state index in [0.29, 0.717) is 26.4 Å². The highest BCUT2D eigenvalue weighted by Crippen LogP contribution is 2.57. The van der Waals surface area contributed by atoms with E-state index in [2.05, 4.69) is 5.32 Å². The van der Waals surface area contributed by atoms with E-state index in [4.69, 9.17) is 19.9 Å². The van der Waals surface area contributed by atoms with Gasteiger partial charge in [0.25, 0.3) is 0 Å². The topological polar surface area (TPSA) is 82.8 Å². The number of ether oxygens (including phenoxy) is 3. The molecule has 2 saturated heterocycles. The smallest absolute Gasteiger partial charge is 0.241 e. The summed E-state index contributed by atoms with van der Waals surface area (Å²) >= 11 is 0. The van der Waals surface area contributed by atoms with Crippen molar-refractivity contribution in [2.75, 3.05) is 33.0 Å². The number of amides is 1. The van der Waals surface area contributed by atoms with Gasteiger partial charge < -0.3 is 25.3 Å². The van der Waals surface area contributed by atoms with Gasteiger partial charge in [0.05, 0.1) is 32.0 Å². The molecule has 0 spiro atoms. The maximum Gasteiger partial charge on any atom is 0.241 e. The highest BCUT2D eigenvalue weighted by molar-refractivity contribution is 5.89. The molecule has 1 aliphatic carbocycles. The predicted molar refractivity (Wildman–Crippen MR) is 84.0 cm³/mol. The maximum atomic E-state index is 12.7. The minimum atomic E-state index is -0.854. The standard InChI is InChI=1S/C15H26N2O4.ClH/c1-14(2)12-11(4-3-5-21-12)15(14,16)13(18)17-8-10-9-19-6-7-20-10;/h10-12H,3-9,16H2,1-2H3,(H,17,18);1H. The van der Waals surface area contributed by atoms with Crippen molar-refractivity contribution in [2.45, 2.75) is 44.4 Å². The SMILES string of the molecule is CC1(C)C2OCCCC2C1(N)C(=O)NCC1COCCO1.Cl. The fraction of sp³-hybridized carbons (Fsp3) is 0.933. The molecular formula is C15H27ClN2O4. The van der Waals surface area contributed by atoms with Gasteiger partial charge in [-0.1, -0.05) is 13.8 Å². The molecule has 7 heteroatoms. The van der Waals surface area contributed by atoms with Crippen LogP contribution in [0.25, 0.3) is 0 Å². The van der Waals surface area contributed by atoms with Gasteiger partial charge in [0.2, 0.25) is 5.91 Å². The third-order valence-electron chi connectivity index (χ3n) is 5.44. The average Bonchev–Trinajstić information content (AvgIpc) is 2.52. The fourth-order valence-electron chi connectivity index (χ4n) is 4.04. The van der Waals surface area contributed by atoms with Crippen LogP contribution in [0.3, 0.4) is 0 Å². The minimum Gasteiger partial charge on any atom is -0.377 e. The number of nitrogens with two attached hydrogens (primary N) is 1. The summed E-state index contributed by atoms with van der Waals surface area (Å²) in [6.45, 7) is 7.01. The van der Waals surface area contributed by atoms with Crippen molar-refractivity contribution in [3.8, 4) is 0 Å². The third kappa shape index (κ3) is 2.65. The third-order valence-corrected chi connectivity index (χ3v) is 5.44. The molecule has 22 heavy (non-hydrogen) atoms. The summed E-state index contributed by atoms with van der Waals surface area (Å²) in [6, 6.07) is 0. The van der Waals surface area contributed by atoms with E-state index in [9.17, 15) is 4.79 Å². The number of halogens is 1. The lowest BCUT2D eigenvalue weighted by atomic mass is 9.46. The van der Waals surface area contributed by atoms with Crippen LogP contribution in [0.4, 0.5) is 0 Å². The van der Waals surface area contributed by atoms with Crippen LogP contribution in [0.1, 0.15) is 26.7 Å². The van der Waals surface area contributed by atoms with Gasteiger partial charge in [-0.25, -0.2) is 0 Å². The molecule has 6 nitrogen and oxygen atoms in total.